The van der Waals surface area contributed by atoms with Crippen LogP contribution in [0.15, 0.2) is 0 Å². The molecule has 24 valence electrons. The molecule has 0 atom stereocenters. The SMILES string of the molecule is [Cs+].[GaH3].[H-].[H-].[InH3].[Rb+].[SnH2].[Zn]. The summed E-state index contributed by atoms with van der Waals surface area (Å²) in [6.45, 7) is 0. The summed E-state index contributed by atoms with van der Waals surface area (Å²) in [5, 5.41) is 0. The van der Waals surface area contributed by atoms with Crippen molar-refractivity contribution in [1.29, 1.82) is 0 Å². The average Bonchev–Trinajstić information content (AvgIpc) is 0. The molecule has 0 nitrogen and oxygen atoms in total. The topological polar surface area (TPSA) is 0 Å². The quantitative estimate of drug-likeness (QED) is 0.244. The Morgan fingerprint density at radius 1 is 1.17 bits per heavy atom. The van der Waals surface area contributed by atoms with Crippen molar-refractivity contribution >= 4 is 69.5 Å². The Kier molecular flexibility index (Phi) is 191. The van der Waals surface area contributed by atoms with E-state index in [4.69, 9.17) is 0 Å². The van der Waals surface area contributed by atoms with Gasteiger partial charge in [-0.25, -0.2) is 0 Å². The molecule has 6 heavy (non-hydrogen) atoms. The normalized spacial score (nSPS) is 0. The molecule has 0 bridgehead atoms. The van der Waals surface area contributed by atoms with Gasteiger partial charge in [0.25, 0.3) is 0 Å². The van der Waals surface area contributed by atoms with E-state index < -0.39 is 0 Å². The Balaban J connectivity index is 0. The molecule has 0 unspecified atom stereocenters. The van der Waals surface area contributed by atoms with Crippen molar-refractivity contribution in [3.05, 3.63) is 0 Å². The van der Waals surface area contributed by atoms with Crippen LogP contribution in [0.2, 0.25) is 0 Å². The van der Waals surface area contributed by atoms with Crippen LogP contribution in [0.3, 0.4) is 0 Å². The van der Waals surface area contributed by atoms with Gasteiger partial charge in [0.2, 0.25) is 0 Å². The summed E-state index contributed by atoms with van der Waals surface area (Å²) in [6.07, 6.45) is 0. The maximum Gasteiger partial charge on any atom is 0 e. The maximum absolute atomic E-state index is 0. The number of hydrogen-bond acceptors (Lipinski definition) is 0. The fraction of sp³-hybridized carbons (Fsp3) is 0. The Hall–Kier alpha value is 6.79. The summed E-state index contributed by atoms with van der Waals surface area (Å²) in [6, 6.07) is 0. The minimum atomic E-state index is 0. The monoisotopic (exact) mass is 596 g/mol. The van der Waals surface area contributed by atoms with Crippen LogP contribution in [0.5, 0.6) is 0 Å². The third-order valence-corrected chi connectivity index (χ3v) is 0. The molecule has 0 aliphatic heterocycles. The van der Waals surface area contributed by atoms with Crippen LogP contribution in [0.25, 0.3) is 0 Å². The van der Waals surface area contributed by atoms with Crippen molar-refractivity contribution in [3.63, 3.8) is 0 Å². The van der Waals surface area contributed by atoms with E-state index in [1.165, 1.54) is 0 Å². The second kappa shape index (κ2) is 29.8. The van der Waals surface area contributed by atoms with E-state index in [9.17, 15) is 0 Å². The van der Waals surface area contributed by atoms with E-state index in [1.54, 1.807) is 0 Å². The maximum atomic E-state index is 0. The summed E-state index contributed by atoms with van der Waals surface area (Å²) in [5.41, 5.74) is 0. The van der Waals surface area contributed by atoms with Crippen molar-refractivity contribution in [2.75, 3.05) is 0 Å². The second-order valence-electron chi connectivity index (χ2n) is 0. The molecule has 0 saturated carbocycles. The summed E-state index contributed by atoms with van der Waals surface area (Å²) in [4.78, 5) is 0. The molecule has 0 rings (SSSR count). The first-order valence-corrected chi connectivity index (χ1v) is 0. The zero-order valence-corrected chi connectivity index (χ0v) is 21.6. The number of rotatable bonds is 0. The molecule has 0 heterocycles. The van der Waals surface area contributed by atoms with Gasteiger partial charge in [-0.05, 0) is 0 Å². The van der Waals surface area contributed by atoms with Crippen LogP contribution in [0.1, 0.15) is 2.85 Å². The third kappa shape index (κ3) is 22.4. The largest absolute Gasteiger partial charge is 0 e. The Labute approximate surface area is 211 Å². The molecule has 0 amide bonds. The molecular formula is H10CsGaInRbSnZn. The van der Waals surface area contributed by atoms with Gasteiger partial charge in [0.15, 0.2) is 0 Å². The van der Waals surface area contributed by atoms with Gasteiger partial charge in [0, 0.05) is 19.5 Å². The van der Waals surface area contributed by atoms with Crippen molar-refractivity contribution in [1.82, 2.24) is 0 Å². The van der Waals surface area contributed by atoms with E-state index in [0.29, 0.717) is 0 Å². The molecule has 0 aromatic rings. The summed E-state index contributed by atoms with van der Waals surface area (Å²) < 4.78 is 0. The molecule has 0 aromatic carbocycles. The fourth-order valence-corrected chi connectivity index (χ4v) is 0. The molecule has 0 spiro atoms. The van der Waals surface area contributed by atoms with Gasteiger partial charge in [0.1, 0.15) is 0 Å². The van der Waals surface area contributed by atoms with Crippen molar-refractivity contribution in [3.8, 4) is 0 Å². The first kappa shape index (κ1) is 38.6. The zero-order valence-electron chi connectivity index (χ0n) is 5.41. The van der Waals surface area contributed by atoms with Crippen molar-refractivity contribution in [2.45, 2.75) is 0 Å². The smallest absolute Gasteiger partial charge is 0 e. The summed E-state index contributed by atoms with van der Waals surface area (Å²) >= 11 is 0. The molecule has 0 fully saturated rings. The van der Waals surface area contributed by atoms with Crippen LogP contribution in [-0.4, -0.2) is 69.5 Å². The molecule has 0 aliphatic rings. The van der Waals surface area contributed by atoms with Gasteiger partial charge < -0.3 is 2.85 Å². The van der Waals surface area contributed by atoms with Crippen molar-refractivity contribution < 1.29 is 149 Å². The Bertz CT molecular complexity index is 22.0. The van der Waals surface area contributed by atoms with Gasteiger partial charge in [-0.3, -0.25) is 0 Å². The average molecular weight is 597 g/mol. The zero-order chi connectivity index (χ0) is 0. The first-order chi connectivity index (χ1) is 0. The van der Waals surface area contributed by atoms with Gasteiger partial charge in [-0.1, -0.05) is 0 Å². The third-order valence-electron chi connectivity index (χ3n) is 0. The van der Waals surface area contributed by atoms with E-state index >= 15 is 0 Å². The second-order valence-corrected chi connectivity index (χ2v) is 0. The molecular weight excluding hydrogens is 587 g/mol. The summed E-state index contributed by atoms with van der Waals surface area (Å²) in [7, 11) is 0. The van der Waals surface area contributed by atoms with E-state index in [1.807, 2.05) is 0 Å². The molecule has 0 N–H and O–H groups in total. The predicted octanol–water partition coefficient (Wildman–Crippen LogP) is -9.05. The van der Waals surface area contributed by atoms with Crippen molar-refractivity contribution in [2.24, 2.45) is 0 Å². The minimum absolute atomic E-state index is 0. The van der Waals surface area contributed by atoms with E-state index in [2.05, 4.69) is 0 Å². The minimum Gasteiger partial charge on any atom is 0 e. The predicted molar refractivity (Wildman–Crippen MR) is 30.6 cm³/mol. The fourth-order valence-electron chi connectivity index (χ4n) is 0. The van der Waals surface area contributed by atoms with Crippen LogP contribution in [-0.2, 0) is 19.5 Å². The summed E-state index contributed by atoms with van der Waals surface area (Å²) in [5.74, 6) is 0. The Morgan fingerprint density at radius 2 is 1.17 bits per heavy atom. The van der Waals surface area contributed by atoms with Gasteiger partial charge in [-0.15, -0.1) is 0 Å². The van der Waals surface area contributed by atoms with E-state index in [-0.39, 0.29) is 219 Å². The first-order valence-electron chi connectivity index (χ1n) is 0. The number of hydrogen-bond donors (Lipinski definition) is 0. The molecule has 2 radical (unpaired) electrons. The molecule has 0 aliphatic carbocycles. The van der Waals surface area contributed by atoms with Crippen LogP contribution >= 0.6 is 0 Å². The molecule has 6 heteroatoms. The molecule has 0 saturated heterocycles. The molecule has 0 aromatic heterocycles. The van der Waals surface area contributed by atoms with Crippen LogP contribution in [0.4, 0.5) is 0 Å². The standard InChI is InChI=1S/Cs.Ga.In.Rb.Sn.Zn.10H/q+1;;;+1;;;;;;;;;;;2*-1. The van der Waals surface area contributed by atoms with Gasteiger partial charge in [0.05, 0.1) is 0 Å². The van der Waals surface area contributed by atoms with Crippen LogP contribution in [0, 0.1) is 0 Å². The van der Waals surface area contributed by atoms with Gasteiger partial charge >= 0.3 is 197 Å². The Morgan fingerprint density at radius 3 is 1.17 bits per heavy atom. The van der Waals surface area contributed by atoms with Crippen LogP contribution < -0.4 is 127 Å². The van der Waals surface area contributed by atoms with Gasteiger partial charge in [-0.2, -0.15) is 0 Å². The van der Waals surface area contributed by atoms with E-state index in [0.717, 1.165) is 0 Å².